The second-order valence-electron chi connectivity index (χ2n) is 3.52. The normalized spacial score (nSPS) is 36.9. The molecule has 2 heterocycles. The zero-order chi connectivity index (χ0) is 8.39. The van der Waals surface area contributed by atoms with E-state index < -0.39 is 0 Å². The van der Waals surface area contributed by atoms with Crippen molar-refractivity contribution in [3.8, 4) is 6.07 Å². The zero-order valence-electron chi connectivity index (χ0n) is 7.20. The summed E-state index contributed by atoms with van der Waals surface area (Å²) in [7, 11) is 0. The molecular weight excluding hydrogens is 152 g/mol. The van der Waals surface area contributed by atoms with Crippen LogP contribution in [0.2, 0.25) is 0 Å². The third-order valence-electron chi connectivity index (χ3n) is 2.80. The Kier molecular flexibility index (Phi) is 2.29. The molecule has 0 N–H and O–H groups in total. The molecule has 3 heteroatoms. The number of likely N-dealkylation sites (tertiary alicyclic amines) is 1. The van der Waals surface area contributed by atoms with Gasteiger partial charge in [-0.05, 0) is 32.4 Å². The van der Waals surface area contributed by atoms with Gasteiger partial charge in [-0.2, -0.15) is 5.26 Å². The van der Waals surface area contributed by atoms with Gasteiger partial charge in [0.05, 0.1) is 18.7 Å². The standard InChI is InChI=1S/C9H14N2O/c10-7-9-8(3-6-12-9)11-4-1-2-5-11/h8-9H,1-6H2. The molecule has 0 radical (unpaired) electrons. The van der Waals surface area contributed by atoms with Crippen molar-refractivity contribution in [1.82, 2.24) is 4.90 Å². The predicted molar refractivity (Wildman–Crippen MR) is 44.6 cm³/mol. The monoisotopic (exact) mass is 166 g/mol. The maximum absolute atomic E-state index is 8.80. The van der Waals surface area contributed by atoms with Gasteiger partial charge in [0.25, 0.3) is 0 Å². The number of ether oxygens (including phenoxy) is 1. The highest BCUT2D eigenvalue weighted by molar-refractivity contribution is 4.99. The van der Waals surface area contributed by atoms with Crippen LogP contribution >= 0.6 is 0 Å². The molecule has 0 aliphatic carbocycles. The summed E-state index contributed by atoms with van der Waals surface area (Å²) in [5, 5.41) is 8.80. The van der Waals surface area contributed by atoms with Crippen LogP contribution in [0.4, 0.5) is 0 Å². The molecule has 0 amide bonds. The maximum Gasteiger partial charge on any atom is 0.159 e. The molecule has 0 aromatic rings. The lowest BCUT2D eigenvalue weighted by atomic mass is 10.1. The van der Waals surface area contributed by atoms with Crippen LogP contribution in [0.5, 0.6) is 0 Å². The number of hydrogen-bond acceptors (Lipinski definition) is 3. The highest BCUT2D eigenvalue weighted by Crippen LogP contribution is 2.22. The van der Waals surface area contributed by atoms with E-state index in [9.17, 15) is 0 Å². The Morgan fingerprint density at radius 2 is 2.08 bits per heavy atom. The molecule has 66 valence electrons. The zero-order valence-corrected chi connectivity index (χ0v) is 7.20. The van der Waals surface area contributed by atoms with E-state index in [0.29, 0.717) is 6.04 Å². The Morgan fingerprint density at radius 3 is 2.75 bits per heavy atom. The Morgan fingerprint density at radius 1 is 1.33 bits per heavy atom. The predicted octanol–water partition coefficient (Wildman–Crippen LogP) is 0.763. The second kappa shape index (κ2) is 3.42. The number of rotatable bonds is 1. The number of hydrogen-bond donors (Lipinski definition) is 0. The van der Waals surface area contributed by atoms with Gasteiger partial charge in [-0.15, -0.1) is 0 Å². The SMILES string of the molecule is N#CC1OCCC1N1CCCC1. The van der Waals surface area contributed by atoms with Crippen molar-refractivity contribution in [1.29, 1.82) is 5.26 Å². The minimum absolute atomic E-state index is 0.164. The smallest absolute Gasteiger partial charge is 0.159 e. The molecule has 0 spiro atoms. The fraction of sp³-hybridized carbons (Fsp3) is 0.889. The third kappa shape index (κ3) is 1.33. The molecule has 2 atom stereocenters. The molecule has 2 fully saturated rings. The van der Waals surface area contributed by atoms with E-state index in [4.69, 9.17) is 10.00 Å². The molecule has 3 nitrogen and oxygen atoms in total. The van der Waals surface area contributed by atoms with E-state index in [0.717, 1.165) is 26.1 Å². The Hall–Kier alpha value is -0.590. The Bertz CT molecular complexity index is 193. The average Bonchev–Trinajstić information content (AvgIpc) is 2.74. The van der Waals surface area contributed by atoms with E-state index in [2.05, 4.69) is 11.0 Å². The van der Waals surface area contributed by atoms with Gasteiger partial charge in [-0.1, -0.05) is 0 Å². The molecule has 2 rings (SSSR count). The van der Waals surface area contributed by atoms with E-state index in [-0.39, 0.29) is 6.10 Å². The first-order chi connectivity index (χ1) is 5.92. The van der Waals surface area contributed by atoms with Crippen LogP contribution < -0.4 is 0 Å². The van der Waals surface area contributed by atoms with Gasteiger partial charge in [-0.25, -0.2) is 0 Å². The lowest BCUT2D eigenvalue weighted by molar-refractivity contribution is 0.109. The van der Waals surface area contributed by atoms with Crippen molar-refractivity contribution in [2.45, 2.75) is 31.4 Å². The molecule has 12 heavy (non-hydrogen) atoms. The van der Waals surface area contributed by atoms with Crippen molar-refractivity contribution in [2.75, 3.05) is 19.7 Å². The van der Waals surface area contributed by atoms with Crippen molar-refractivity contribution in [3.63, 3.8) is 0 Å². The molecule has 0 aromatic carbocycles. The maximum atomic E-state index is 8.80. The second-order valence-corrected chi connectivity index (χ2v) is 3.52. The van der Waals surface area contributed by atoms with Gasteiger partial charge in [-0.3, -0.25) is 4.90 Å². The minimum atomic E-state index is -0.164. The third-order valence-corrected chi connectivity index (χ3v) is 2.80. The van der Waals surface area contributed by atoms with Crippen LogP contribution in [0, 0.1) is 11.3 Å². The Balaban J connectivity index is 1.97. The summed E-state index contributed by atoms with van der Waals surface area (Å²) in [6, 6.07) is 2.61. The van der Waals surface area contributed by atoms with E-state index in [1.807, 2.05) is 0 Å². The summed E-state index contributed by atoms with van der Waals surface area (Å²) in [6.07, 6.45) is 3.45. The van der Waals surface area contributed by atoms with Crippen LogP contribution in [0.3, 0.4) is 0 Å². The highest BCUT2D eigenvalue weighted by atomic mass is 16.5. The lowest BCUT2D eigenvalue weighted by Crippen LogP contribution is -2.38. The molecule has 2 aliphatic rings. The fourth-order valence-corrected chi connectivity index (χ4v) is 2.15. The van der Waals surface area contributed by atoms with E-state index in [1.54, 1.807) is 0 Å². The first-order valence-corrected chi connectivity index (χ1v) is 4.67. The first kappa shape index (κ1) is 8.03. The van der Waals surface area contributed by atoms with E-state index in [1.165, 1.54) is 12.8 Å². The molecule has 2 aliphatic heterocycles. The summed E-state index contributed by atoms with van der Waals surface area (Å²) >= 11 is 0. The van der Waals surface area contributed by atoms with Gasteiger partial charge in [0, 0.05) is 0 Å². The van der Waals surface area contributed by atoms with Crippen molar-refractivity contribution < 1.29 is 4.74 Å². The molecule has 0 aromatic heterocycles. The summed E-state index contributed by atoms with van der Waals surface area (Å²) in [5.41, 5.74) is 0. The van der Waals surface area contributed by atoms with Crippen LogP contribution in [0.1, 0.15) is 19.3 Å². The quantitative estimate of drug-likeness (QED) is 0.577. The lowest BCUT2D eigenvalue weighted by Gasteiger charge is -2.23. The largest absolute Gasteiger partial charge is 0.362 e. The van der Waals surface area contributed by atoms with Gasteiger partial charge in [0.1, 0.15) is 0 Å². The topological polar surface area (TPSA) is 36.3 Å². The van der Waals surface area contributed by atoms with Gasteiger partial charge in [0.2, 0.25) is 0 Å². The van der Waals surface area contributed by atoms with E-state index >= 15 is 0 Å². The highest BCUT2D eigenvalue weighted by Gasteiger charge is 2.34. The minimum Gasteiger partial charge on any atom is -0.362 e. The number of nitrogens with zero attached hydrogens (tertiary/aromatic N) is 2. The molecule has 2 unspecified atom stereocenters. The summed E-state index contributed by atoms with van der Waals surface area (Å²) < 4.78 is 5.32. The van der Waals surface area contributed by atoms with Gasteiger partial charge in [0.15, 0.2) is 6.10 Å². The van der Waals surface area contributed by atoms with Crippen LogP contribution in [-0.4, -0.2) is 36.7 Å². The van der Waals surface area contributed by atoms with Crippen molar-refractivity contribution in [3.05, 3.63) is 0 Å². The van der Waals surface area contributed by atoms with Crippen molar-refractivity contribution in [2.24, 2.45) is 0 Å². The van der Waals surface area contributed by atoms with Crippen LogP contribution in [0.15, 0.2) is 0 Å². The average molecular weight is 166 g/mol. The molecule has 0 saturated carbocycles. The number of nitriles is 1. The molecule has 0 bridgehead atoms. The fourth-order valence-electron chi connectivity index (χ4n) is 2.15. The first-order valence-electron chi connectivity index (χ1n) is 4.67. The van der Waals surface area contributed by atoms with Gasteiger partial charge >= 0.3 is 0 Å². The molecular formula is C9H14N2O. The van der Waals surface area contributed by atoms with Crippen LogP contribution in [-0.2, 0) is 4.74 Å². The Labute approximate surface area is 72.9 Å². The van der Waals surface area contributed by atoms with Crippen LogP contribution in [0.25, 0.3) is 0 Å². The summed E-state index contributed by atoms with van der Waals surface area (Å²) in [5.74, 6) is 0. The van der Waals surface area contributed by atoms with Crippen molar-refractivity contribution >= 4 is 0 Å². The van der Waals surface area contributed by atoms with Gasteiger partial charge < -0.3 is 4.74 Å². The summed E-state index contributed by atoms with van der Waals surface area (Å²) in [6.45, 7) is 3.08. The molecule has 2 saturated heterocycles. The summed E-state index contributed by atoms with van der Waals surface area (Å²) in [4.78, 5) is 2.40.